The number of aliphatic hydroxyl groups excluding tert-OH is 1. The van der Waals surface area contributed by atoms with Gasteiger partial charge in [0.15, 0.2) is 9.84 Å². The van der Waals surface area contributed by atoms with Gasteiger partial charge >= 0.3 is 0 Å². The molecule has 3 aromatic rings. The SMILES string of the molecule is Cc1cc(CCO)cc(-n2nc3ccc(S(C)(=O)=O)cc3n2)c1O. The third-order valence-electron chi connectivity index (χ3n) is 3.74. The molecule has 0 fully saturated rings. The maximum Gasteiger partial charge on any atom is 0.175 e. The maximum absolute atomic E-state index is 11.7. The largest absolute Gasteiger partial charge is 0.505 e. The van der Waals surface area contributed by atoms with E-state index < -0.39 is 9.84 Å². The minimum Gasteiger partial charge on any atom is -0.505 e. The number of aromatic nitrogens is 3. The fraction of sp³-hybridized carbons (Fsp3) is 0.250. The molecule has 0 saturated heterocycles. The Hall–Kier alpha value is -2.45. The van der Waals surface area contributed by atoms with E-state index in [1.54, 1.807) is 25.1 Å². The van der Waals surface area contributed by atoms with Crippen molar-refractivity contribution >= 4 is 20.9 Å². The van der Waals surface area contributed by atoms with E-state index in [4.69, 9.17) is 5.11 Å². The molecule has 7 nitrogen and oxygen atoms in total. The Kier molecular flexibility index (Phi) is 4.02. The van der Waals surface area contributed by atoms with Crippen LogP contribution in [-0.2, 0) is 16.3 Å². The standard InChI is InChI=1S/C16H17N3O4S/c1-10-7-11(5-6-20)8-15(16(10)21)19-17-13-4-3-12(24(2,22)23)9-14(13)18-19/h3-4,7-9,20-21H,5-6H2,1-2H3. The first kappa shape index (κ1) is 16.4. The molecule has 24 heavy (non-hydrogen) atoms. The summed E-state index contributed by atoms with van der Waals surface area (Å²) >= 11 is 0. The maximum atomic E-state index is 11.7. The number of nitrogens with zero attached hydrogens (tertiary/aromatic N) is 3. The molecule has 0 radical (unpaired) electrons. The zero-order valence-electron chi connectivity index (χ0n) is 13.3. The molecular formula is C16H17N3O4S. The third kappa shape index (κ3) is 2.98. The average molecular weight is 347 g/mol. The molecule has 126 valence electrons. The number of sulfone groups is 1. The van der Waals surface area contributed by atoms with Gasteiger partial charge in [0.2, 0.25) is 0 Å². The number of aliphatic hydroxyl groups is 1. The number of benzene rings is 2. The summed E-state index contributed by atoms with van der Waals surface area (Å²) in [7, 11) is -3.33. The van der Waals surface area contributed by atoms with E-state index in [0.29, 0.717) is 28.7 Å². The lowest BCUT2D eigenvalue weighted by molar-refractivity contribution is 0.299. The summed E-state index contributed by atoms with van der Waals surface area (Å²) < 4.78 is 23.3. The second kappa shape index (κ2) is 5.88. The van der Waals surface area contributed by atoms with E-state index in [1.165, 1.54) is 16.9 Å². The number of phenols is 1. The van der Waals surface area contributed by atoms with Gasteiger partial charge in [-0.1, -0.05) is 6.07 Å². The molecule has 0 aliphatic carbocycles. The molecular weight excluding hydrogens is 330 g/mol. The predicted octanol–water partition coefficient (Wildman–Crippen LogP) is 1.37. The van der Waals surface area contributed by atoms with Crippen molar-refractivity contribution < 1.29 is 18.6 Å². The number of phenolic OH excluding ortho intramolecular Hbond substituents is 1. The summed E-state index contributed by atoms with van der Waals surface area (Å²) in [5, 5.41) is 28.0. The van der Waals surface area contributed by atoms with E-state index in [9.17, 15) is 13.5 Å². The van der Waals surface area contributed by atoms with Gasteiger partial charge in [-0.2, -0.15) is 0 Å². The third-order valence-corrected chi connectivity index (χ3v) is 4.85. The van der Waals surface area contributed by atoms with Crippen molar-refractivity contribution in [1.29, 1.82) is 0 Å². The second-order valence-corrected chi connectivity index (χ2v) is 7.68. The highest BCUT2D eigenvalue weighted by Crippen LogP contribution is 2.28. The summed E-state index contributed by atoms with van der Waals surface area (Å²) in [5.41, 5.74) is 2.82. The van der Waals surface area contributed by atoms with Crippen LogP contribution in [0.25, 0.3) is 16.7 Å². The molecule has 8 heteroatoms. The van der Waals surface area contributed by atoms with Crippen LogP contribution in [-0.4, -0.2) is 46.5 Å². The topological polar surface area (TPSA) is 105 Å². The zero-order chi connectivity index (χ0) is 17.5. The molecule has 1 heterocycles. The van der Waals surface area contributed by atoms with E-state index in [-0.39, 0.29) is 17.3 Å². The average Bonchev–Trinajstić information content (AvgIpc) is 2.92. The Morgan fingerprint density at radius 3 is 2.50 bits per heavy atom. The summed E-state index contributed by atoms with van der Waals surface area (Å²) in [6.07, 6.45) is 1.58. The van der Waals surface area contributed by atoms with Crippen LogP contribution in [0, 0.1) is 6.92 Å². The highest BCUT2D eigenvalue weighted by Gasteiger charge is 2.14. The molecule has 0 bridgehead atoms. The van der Waals surface area contributed by atoms with Gasteiger partial charge in [-0.15, -0.1) is 15.0 Å². The molecule has 0 amide bonds. The fourth-order valence-corrected chi connectivity index (χ4v) is 3.13. The second-order valence-electron chi connectivity index (χ2n) is 5.67. The predicted molar refractivity (Wildman–Crippen MR) is 89.2 cm³/mol. The van der Waals surface area contributed by atoms with Gasteiger partial charge in [-0.3, -0.25) is 0 Å². The number of fused-ring (bicyclic) bond motifs is 1. The van der Waals surface area contributed by atoms with Gasteiger partial charge in [-0.05, 0) is 48.7 Å². The van der Waals surface area contributed by atoms with E-state index >= 15 is 0 Å². The van der Waals surface area contributed by atoms with Crippen molar-refractivity contribution in [1.82, 2.24) is 15.0 Å². The number of hydrogen-bond donors (Lipinski definition) is 2. The number of hydrogen-bond acceptors (Lipinski definition) is 6. The fourth-order valence-electron chi connectivity index (χ4n) is 2.49. The summed E-state index contributed by atoms with van der Waals surface area (Å²) in [6.45, 7) is 1.75. The summed E-state index contributed by atoms with van der Waals surface area (Å²) in [5.74, 6) is 0.0420. The van der Waals surface area contributed by atoms with Crippen molar-refractivity contribution in [2.24, 2.45) is 0 Å². The summed E-state index contributed by atoms with van der Waals surface area (Å²) in [4.78, 5) is 1.44. The lowest BCUT2D eigenvalue weighted by atomic mass is 10.1. The Bertz CT molecular complexity index is 1030. The van der Waals surface area contributed by atoms with Crippen LogP contribution >= 0.6 is 0 Å². The monoisotopic (exact) mass is 347 g/mol. The summed E-state index contributed by atoms with van der Waals surface area (Å²) in [6, 6.07) is 8.01. The normalized spacial score (nSPS) is 12.0. The molecule has 0 spiro atoms. The van der Waals surface area contributed by atoms with Crippen molar-refractivity contribution in [3.8, 4) is 11.4 Å². The first-order chi connectivity index (χ1) is 11.3. The van der Waals surface area contributed by atoms with Crippen molar-refractivity contribution in [2.45, 2.75) is 18.2 Å². The van der Waals surface area contributed by atoms with Crippen LogP contribution in [0.1, 0.15) is 11.1 Å². The minimum absolute atomic E-state index is 0.00408. The van der Waals surface area contributed by atoms with Crippen molar-refractivity contribution in [3.63, 3.8) is 0 Å². The molecule has 2 aromatic carbocycles. The Morgan fingerprint density at radius 1 is 1.12 bits per heavy atom. The van der Waals surface area contributed by atoms with Gasteiger partial charge in [0.1, 0.15) is 22.5 Å². The zero-order valence-corrected chi connectivity index (χ0v) is 14.1. The van der Waals surface area contributed by atoms with E-state index in [0.717, 1.165) is 11.8 Å². The molecule has 2 N–H and O–H groups in total. The molecule has 0 aliphatic rings. The molecule has 0 saturated carbocycles. The van der Waals surface area contributed by atoms with Crippen LogP contribution in [0.4, 0.5) is 0 Å². The van der Waals surface area contributed by atoms with E-state index in [2.05, 4.69) is 10.2 Å². The first-order valence-electron chi connectivity index (χ1n) is 7.30. The lowest BCUT2D eigenvalue weighted by Gasteiger charge is -2.09. The highest BCUT2D eigenvalue weighted by molar-refractivity contribution is 7.90. The van der Waals surface area contributed by atoms with Crippen molar-refractivity contribution in [3.05, 3.63) is 41.5 Å². The van der Waals surface area contributed by atoms with Gasteiger partial charge in [0, 0.05) is 12.9 Å². The molecule has 0 atom stereocenters. The molecule has 1 aromatic heterocycles. The number of aryl methyl sites for hydroxylation is 1. The van der Waals surface area contributed by atoms with Crippen molar-refractivity contribution in [2.75, 3.05) is 12.9 Å². The molecule has 0 unspecified atom stereocenters. The minimum atomic E-state index is -3.33. The first-order valence-corrected chi connectivity index (χ1v) is 9.19. The smallest absolute Gasteiger partial charge is 0.175 e. The number of aromatic hydroxyl groups is 1. The van der Waals surface area contributed by atoms with Crippen LogP contribution in [0.15, 0.2) is 35.2 Å². The van der Waals surface area contributed by atoms with Crippen LogP contribution in [0.5, 0.6) is 5.75 Å². The van der Waals surface area contributed by atoms with Crippen LogP contribution in [0.2, 0.25) is 0 Å². The van der Waals surface area contributed by atoms with Gasteiger partial charge in [0.05, 0.1) is 4.90 Å². The van der Waals surface area contributed by atoms with Gasteiger partial charge in [-0.25, -0.2) is 8.42 Å². The molecule has 0 aliphatic heterocycles. The Morgan fingerprint density at radius 2 is 1.83 bits per heavy atom. The Balaban J connectivity index is 2.16. The van der Waals surface area contributed by atoms with E-state index in [1.807, 2.05) is 0 Å². The van der Waals surface area contributed by atoms with Crippen LogP contribution in [0.3, 0.4) is 0 Å². The quantitative estimate of drug-likeness (QED) is 0.738. The Labute approximate surface area is 139 Å². The van der Waals surface area contributed by atoms with Gasteiger partial charge < -0.3 is 10.2 Å². The highest BCUT2D eigenvalue weighted by atomic mass is 32.2. The number of rotatable bonds is 4. The lowest BCUT2D eigenvalue weighted by Crippen LogP contribution is -2.02. The van der Waals surface area contributed by atoms with Crippen LogP contribution < -0.4 is 0 Å². The molecule has 3 rings (SSSR count). The van der Waals surface area contributed by atoms with Gasteiger partial charge in [0.25, 0.3) is 0 Å².